The molecule has 0 radical (unpaired) electrons. The fourth-order valence-electron chi connectivity index (χ4n) is 5.33. The zero-order valence-electron chi connectivity index (χ0n) is 23.7. The Morgan fingerprint density at radius 3 is 1.44 bits per heavy atom. The summed E-state index contributed by atoms with van der Waals surface area (Å²) in [7, 11) is 0. The van der Waals surface area contributed by atoms with Crippen LogP contribution >= 0.6 is 0 Å². The Morgan fingerprint density at radius 2 is 1.07 bits per heavy atom. The van der Waals surface area contributed by atoms with Gasteiger partial charge in [0.05, 0.1) is 35.2 Å². The molecule has 5 nitrogen and oxygen atoms in total. The Balaban J connectivity index is 1.23. The summed E-state index contributed by atoms with van der Waals surface area (Å²) in [6.07, 6.45) is 3.66. The van der Waals surface area contributed by atoms with Gasteiger partial charge in [0.25, 0.3) is 0 Å². The van der Waals surface area contributed by atoms with Gasteiger partial charge in [0.1, 0.15) is 0 Å². The minimum Gasteiger partial charge on any atom is -0.381 e. The van der Waals surface area contributed by atoms with Crippen molar-refractivity contribution in [1.29, 1.82) is 0 Å². The second-order valence-corrected chi connectivity index (χ2v) is 10.8. The van der Waals surface area contributed by atoms with E-state index in [9.17, 15) is 26.3 Å². The van der Waals surface area contributed by atoms with Gasteiger partial charge in [-0.1, -0.05) is 36.4 Å². The number of benzene rings is 2. The van der Waals surface area contributed by atoms with E-state index in [1.807, 2.05) is 12.4 Å². The predicted molar refractivity (Wildman–Crippen MR) is 151 cm³/mol. The first-order valence-corrected chi connectivity index (χ1v) is 14.5. The number of ether oxygens (including phenoxy) is 1. The van der Waals surface area contributed by atoms with Crippen molar-refractivity contribution in [2.75, 3.05) is 13.2 Å². The van der Waals surface area contributed by atoms with E-state index >= 15 is 0 Å². The van der Waals surface area contributed by atoms with Gasteiger partial charge in [0.2, 0.25) is 0 Å². The molecular formula is C32H36F6N4O. The molecule has 0 saturated carbocycles. The van der Waals surface area contributed by atoms with Crippen LogP contribution in [0, 0.1) is 0 Å². The van der Waals surface area contributed by atoms with Crippen molar-refractivity contribution in [2.45, 2.75) is 75.6 Å². The molecule has 2 N–H and O–H groups in total. The zero-order chi connectivity index (χ0) is 30.7. The van der Waals surface area contributed by atoms with Gasteiger partial charge in [0.15, 0.2) is 0 Å². The van der Waals surface area contributed by atoms with E-state index in [2.05, 4.69) is 19.9 Å². The monoisotopic (exact) mass is 606 g/mol. The van der Waals surface area contributed by atoms with Crippen LogP contribution in [0.15, 0.2) is 73.6 Å². The van der Waals surface area contributed by atoms with Crippen molar-refractivity contribution >= 4 is 0 Å². The topological polar surface area (TPSA) is 66.6 Å². The third-order valence-electron chi connectivity index (χ3n) is 7.64. The van der Waals surface area contributed by atoms with Crippen molar-refractivity contribution in [1.82, 2.24) is 19.9 Å². The van der Waals surface area contributed by atoms with Gasteiger partial charge < -0.3 is 14.7 Å². The van der Waals surface area contributed by atoms with Gasteiger partial charge in [-0.2, -0.15) is 26.3 Å². The summed E-state index contributed by atoms with van der Waals surface area (Å²) in [4.78, 5) is 14.7. The number of hydrogen-bond acceptors (Lipinski definition) is 3. The second-order valence-electron chi connectivity index (χ2n) is 10.8. The third kappa shape index (κ3) is 10.3. The molecule has 0 spiro atoms. The van der Waals surface area contributed by atoms with Gasteiger partial charge in [0, 0.05) is 37.4 Å². The molecule has 43 heavy (non-hydrogen) atoms. The lowest BCUT2D eigenvalue weighted by Crippen LogP contribution is -2.09. The van der Waals surface area contributed by atoms with Crippen LogP contribution in [0.2, 0.25) is 0 Å². The van der Waals surface area contributed by atoms with E-state index in [1.54, 1.807) is 24.8 Å². The van der Waals surface area contributed by atoms with Gasteiger partial charge in [-0.05, 0) is 74.6 Å². The molecule has 232 valence electrons. The van der Waals surface area contributed by atoms with E-state index in [4.69, 9.17) is 4.74 Å². The molecule has 2 heterocycles. The summed E-state index contributed by atoms with van der Waals surface area (Å²) >= 11 is 0. The second kappa shape index (κ2) is 15.2. The number of nitrogens with one attached hydrogen (secondary N) is 2. The SMILES string of the molecule is FC(F)(F)c1cccc(CCCC(CCOCCC(CCCc2cccc(C(F)(F)F)c2)c2c[nH]cn2)c2c[nH]cn2)c1. The molecule has 4 rings (SSSR count). The maximum atomic E-state index is 13.1. The summed E-state index contributed by atoms with van der Waals surface area (Å²) in [6.45, 7) is 0.997. The van der Waals surface area contributed by atoms with Crippen LogP contribution in [0.4, 0.5) is 26.3 Å². The molecular weight excluding hydrogens is 570 g/mol. The van der Waals surface area contributed by atoms with Crippen molar-refractivity contribution in [3.8, 4) is 0 Å². The lowest BCUT2D eigenvalue weighted by atomic mass is 9.93. The molecule has 0 aliphatic carbocycles. The number of aromatic amines is 2. The Bertz CT molecular complexity index is 1250. The zero-order valence-corrected chi connectivity index (χ0v) is 23.7. The highest BCUT2D eigenvalue weighted by Crippen LogP contribution is 2.32. The van der Waals surface area contributed by atoms with Crippen LogP contribution in [0.3, 0.4) is 0 Å². The predicted octanol–water partition coefficient (Wildman–Crippen LogP) is 8.88. The first kappa shape index (κ1) is 32.3. The fourth-order valence-corrected chi connectivity index (χ4v) is 5.33. The summed E-state index contributed by atoms with van der Waals surface area (Å²) in [6, 6.07) is 10.9. The number of aryl methyl sites for hydroxylation is 2. The van der Waals surface area contributed by atoms with E-state index < -0.39 is 23.5 Å². The van der Waals surface area contributed by atoms with Crippen molar-refractivity contribution in [2.24, 2.45) is 0 Å². The minimum atomic E-state index is -4.36. The number of rotatable bonds is 16. The van der Waals surface area contributed by atoms with Crippen molar-refractivity contribution in [3.63, 3.8) is 0 Å². The molecule has 0 fully saturated rings. The molecule has 0 saturated heterocycles. The highest BCUT2D eigenvalue weighted by Gasteiger charge is 2.31. The van der Waals surface area contributed by atoms with E-state index in [1.165, 1.54) is 24.3 Å². The van der Waals surface area contributed by atoms with Crippen LogP contribution < -0.4 is 0 Å². The van der Waals surface area contributed by atoms with Crippen LogP contribution in [0.5, 0.6) is 0 Å². The Kier molecular flexibility index (Phi) is 11.4. The van der Waals surface area contributed by atoms with Crippen LogP contribution in [-0.4, -0.2) is 33.1 Å². The van der Waals surface area contributed by atoms with Gasteiger partial charge in [-0.25, -0.2) is 9.97 Å². The van der Waals surface area contributed by atoms with E-state index in [0.29, 0.717) is 50.0 Å². The maximum absolute atomic E-state index is 13.1. The number of aromatic nitrogens is 4. The lowest BCUT2D eigenvalue weighted by Gasteiger charge is -2.17. The lowest BCUT2D eigenvalue weighted by molar-refractivity contribution is -0.138. The first-order valence-electron chi connectivity index (χ1n) is 14.5. The smallest absolute Gasteiger partial charge is 0.381 e. The Labute approximate surface area is 247 Å². The largest absolute Gasteiger partial charge is 0.416 e. The number of alkyl halides is 6. The minimum absolute atomic E-state index is 0.103. The number of nitrogens with zero attached hydrogens (tertiary/aromatic N) is 2. The van der Waals surface area contributed by atoms with Gasteiger partial charge in [-0.15, -0.1) is 0 Å². The number of H-pyrrole nitrogens is 2. The molecule has 2 aromatic carbocycles. The summed E-state index contributed by atoms with van der Waals surface area (Å²) in [5.41, 5.74) is 1.85. The quantitative estimate of drug-likeness (QED) is 0.0989. The third-order valence-corrected chi connectivity index (χ3v) is 7.64. The van der Waals surface area contributed by atoms with Crippen LogP contribution in [-0.2, 0) is 29.9 Å². The number of imidazole rings is 2. The van der Waals surface area contributed by atoms with Crippen molar-refractivity contribution in [3.05, 3.63) is 107 Å². The summed E-state index contributed by atoms with van der Waals surface area (Å²) in [5, 5.41) is 0. The maximum Gasteiger partial charge on any atom is 0.416 e. The molecule has 2 unspecified atom stereocenters. The average Bonchev–Trinajstić information content (AvgIpc) is 3.70. The number of halogens is 6. The molecule has 11 heteroatoms. The van der Waals surface area contributed by atoms with Gasteiger partial charge in [-0.3, -0.25) is 0 Å². The molecule has 2 atom stereocenters. The van der Waals surface area contributed by atoms with E-state index in [-0.39, 0.29) is 11.8 Å². The molecule has 0 aliphatic heterocycles. The normalized spacial score (nSPS) is 13.7. The standard InChI is InChI=1S/C32H36F6N4O/c33-31(34,35)27-11-3-7-23(17-27)5-1-9-25(29-19-39-21-41-29)13-15-43-16-14-26(30-20-40-22-42-30)10-2-6-24-8-4-12-28(18-24)32(36,37)38/h3-4,7-8,11-12,17-22,25-26H,1-2,5-6,9-10,13-16H2,(H,39,41)(H,40,42). The highest BCUT2D eigenvalue weighted by atomic mass is 19.4. The summed E-state index contributed by atoms with van der Waals surface area (Å²) < 4.78 is 84.3. The van der Waals surface area contributed by atoms with Crippen molar-refractivity contribution < 1.29 is 31.1 Å². The van der Waals surface area contributed by atoms with E-state index in [0.717, 1.165) is 49.2 Å². The van der Waals surface area contributed by atoms with Crippen LogP contribution in [0.1, 0.15) is 84.0 Å². The molecule has 0 bridgehead atoms. The average molecular weight is 607 g/mol. The Morgan fingerprint density at radius 1 is 0.628 bits per heavy atom. The molecule has 0 aliphatic rings. The van der Waals surface area contributed by atoms with Crippen LogP contribution in [0.25, 0.3) is 0 Å². The fraction of sp³-hybridized carbons (Fsp3) is 0.438. The Hall–Kier alpha value is -3.60. The molecule has 0 amide bonds. The first-order chi connectivity index (χ1) is 20.6. The highest BCUT2D eigenvalue weighted by molar-refractivity contribution is 5.26. The number of hydrogen-bond donors (Lipinski definition) is 2. The summed E-state index contributed by atoms with van der Waals surface area (Å²) in [5.74, 6) is 0.207. The van der Waals surface area contributed by atoms with Gasteiger partial charge >= 0.3 is 12.4 Å². The molecule has 4 aromatic rings. The molecule has 2 aromatic heterocycles.